The van der Waals surface area contributed by atoms with E-state index in [-0.39, 0.29) is 24.4 Å². The molecule has 130 valence electrons. The predicted molar refractivity (Wildman–Crippen MR) is 93.4 cm³/mol. The molecule has 4 heteroatoms. The SMILES string of the molecule is CCC(C)N1CCCCC1C(=O)Nc1c(C)cc(C)cc1C.[Cl-]. The fraction of sp³-hybridized carbons (Fsp3) is 0.632. The molecule has 0 saturated carbocycles. The minimum Gasteiger partial charge on any atom is -1.00 e. The molecule has 1 aliphatic heterocycles. The van der Waals surface area contributed by atoms with Crippen molar-refractivity contribution < 1.29 is 17.2 Å². The number of hydrogen-bond acceptors (Lipinski definition) is 2. The van der Waals surface area contributed by atoms with E-state index in [1.54, 1.807) is 0 Å². The third kappa shape index (κ3) is 4.71. The maximum absolute atomic E-state index is 12.8. The molecule has 1 fully saturated rings. The summed E-state index contributed by atoms with van der Waals surface area (Å²) in [6.07, 6.45) is 4.42. The average Bonchev–Trinajstić information content (AvgIpc) is 2.49. The summed E-state index contributed by atoms with van der Waals surface area (Å²) in [6.45, 7) is 11.7. The van der Waals surface area contributed by atoms with Gasteiger partial charge in [-0.3, -0.25) is 9.69 Å². The van der Waals surface area contributed by atoms with Crippen molar-refractivity contribution in [2.24, 2.45) is 0 Å². The Bertz CT molecular complexity index is 521. The van der Waals surface area contributed by atoms with E-state index in [4.69, 9.17) is 0 Å². The summed E-state index contributed by atoms with van der Waals surface area (Å²) in [5, 5.41) is 3.20. The molecule has 1 aromatic rings. The number of rotatable bonds is 4. The Kier molecular flexibility index (Phi) is 7.56. The highest BCUT2D eigenvalue weighted by Crippen LogP contribution is 2.25. The minimum atomic E-state index is 0. The number of anilines is 1. The first-order chi connectivity index (χ1) is 10.4. The largest absolute Gasteiger partial charge is 1.00 e. The van der Waals surface area contributed by atoms with Gasteiger partial charge in [0.1, 0.15) is 0 Å². The molecule has 1 aliphatic rings. The Morgan fingerprint density at radius 2 is 1.87 bits per heavy atom. The molecule has 0 aromatic heterocycles. The van der Waals surface area contributed by atoms with Crippen LogP contribution in [-0.2, 0) is 4.79 Å². The third-order valence-electron chi connectivity index (χ3n) is 4.93. The highest BCUT2D eigenvalue weighted by Gasteiger charge is 2.31. The Morgan fingerprint density at radius 1 is 1.26 bits per heavy atom. The van der Waals surface area contributed by atoms with Crippen molar-refractivity contribution in [2.45, 2.75) is 72.4 Å². The van der Waals surface area contributed by atoms with E-state index in [1.165, 1.54) is 12.0 Å². The number of aryl methyl sites for hydroxylation is 3. The van der Waals surface area contributed by atoms with Gasteiger partial charge in [-0.25, -0.2) is 0 Å². The summed E-state index contributed by atoms with van der Waals surface area (Å²) in [4.78, 5) is 15.2. The van der Waals surface area contributed by atoms with Crippen molar-refractivity contribution in [1.82, 2.24) is 4.90 Å². The van der Waals surface area contributed by atoms with Crippen molar-refractivity contribution in [3.8, 4) is 0 Å². The molecule has 2 unspecified atom stereocenters. The molecular formula is C19H30ClN2O-. The molecule has 3 nitrogen and oxygen atoms in total. The zero-order valence-corrected chi connectivity index (χ0v) is 15.8. The maximum Gasteiger partial charge on any atom is 0.241 e. The highest BCUT2D eigenvalue weighted by molar-refractivity contribution is 5.96. The van der Waals surface area contributed by atoms with Crippen LogP contribution in [-0.4, -0.2) is 29.4 Å². The van der Waals surface area contributed by atoms with Crippen molar-refractivity contribution >= 4 is 11.6 Å². The Balaban J connectivity index is 0.00000264. The quantitative estimate of drug-likeness (QED) is 0.895. The van der Waals surface area contributed by atoms with Gasteiger partial charge in [0.25, 0.3) is 0 Å². The average molecular weight is 338 g/mol. The van der Waals surface area contributed by atoms with E-state index < -0.39 is 0 Å². The molecule has 1 N–H and O–H groups in total. The van der Waals surface area contributed by atoms with Crippen LogP contribution in [0.15, 0.2) is 12.1 Å². The van der Waals surface area contributed by atoms with Crippen LogP contribution >= 0.6 is 0 Å². The number of carbonyl (C=O) groups excluding carboxylic acids is 1. The van der Waals surface area contributed by atoms with Crippen LogP contribution in [0, 0.1) is 20.8 Å². The summed E-state index contributed by atoms with van der Waals surface area (Å²) in [5.74, 6) is 0.162. The Morgan fingerprint density at radius 3 is 2.43 bits per heavy atom. The number of benzene rings is 1. The molecule has 0 aliphatic carbocycles. The second kappa shape index (κ2) is 8.70. The Labute approximate surface area is 147 Å². The van der Waals surface area contributed by atoms with E-state index >= 15 is 0 Å². The van der Waals surface area contributed by atoms with E-state index in [0.29, 0.717) is 6.04 Å². The number of amides is 1. The van der Waals surface area contributed by atoms with Gasteiger partial charge in [0.2, 0.25) is 5.91 Å². The Hall–Kier alpha value is -1.06. The van der Waals surface area contributed by atoms with Crippen LogP contribution in [0.4, 0.5) is 5.69 Å². The number of nitrogens with one attached hydrogen (secondary N) is 1. The predicted octanol–water partition coefficient (Wildman–Crippen LogP) is 1.21. The van der Waals surface area contributed by atoms with Crippen molar-refractivity contribution in [1.29, 1.82) is 0 Å². The van der Waals surface area contributed by atoms with Gasteiger partial charge in [0.05, 0.1) is 6.04 Å². The zero-order valence-electron chi connectivity index (χ0n) is 15.1. The number of halogens is 1. The van der Waals surface area contributed by atoms with Gasteiger partial charge >= 0.3 is 0 Å². The van der Waals surface area contributed by atoms with Crippen molar-refractivity contribution in [3.05, 3.63) is 28.8 Å². The van der Waals surface area contributed by atoms with Gasteiger partial charge in [-0.05, 0) is 64.6 Å². The van der Waals surface area contributed by atoms with Crippen molar-refractivity contribution in [2.75, 3.05) is 11.9 Å². The van der Waals surface area contributed by atoms with E-state index in [2.05, 4.69) is 57.0 Å². The molecule has 2 rings (SSSR count). The topological polar surface area (TPSA) is 32.3 Å². The third-order valence-corrected chi connectivity index (χ3v) is 4.93. The number of hydrogen-bond donors (Lipinski definition) is 1. The van der Waals surface area contributed by atoms with Crippen LogP contribution < -0.4 is 17.7 Å². The number of carbonyl (C=O) groups is 1. The van der Waals surface area contributed by atoms with Gasteiger partial charge in [0, 0.05) is 11.7 Å². The summed E-state index contributed by atoms with van der Waals surface area (Å²) in [5.41, 5.74) is 4.53. The monoisotopic (exact) mass is 337 g/mol. The molecule has 0 bridgehead atoms. The number of likely N-dealkylation sites (tertiary alicyclic amines) is 1. The standard InChI is InChI=1S/C19H30N2O.ClH/c1-6-16(5)21-10-8-7-9-17(21)19(22)20-18-14(3)11-13(2)12-15(18)4;/h11-12,16-17H,6-10H2,1-5H3,(H,20,22);1H/p-1. The second-order valence-corrected chi connectivity index (χ2v) is 6.77. The molecule has 1 saturated heterocycles. The van der Waals surface area contributed by atoms with Gasteiger partial charge in [0.15, 0.2) is 0 Å². The summed E-state index contributed by atoms with van der Waals surface area (Å²) < 4.78 is 0. The van der Waals surface area contributed by atoms with Crippen LogP contribution in [0.5, 0.6) is 0 Å². The second-order valence-electron chi connectivity index (χ2n) is 6.77. The lowest BCUT2D eigenvalue weighted by atomic mass is 9.98. The summed E-state index contributed by atoms with van der Waals surface area (Å²) >= 11 is 0. The molecule has 23 heavy (non-hydrogen) atoms. The first kappa shape index (κ1) is 20.0. The van der Waals surface area contributed by atoms with Crippen LogP contribution in [0.2, 0.25) is 0 Å². The molecule has 0 spiro atoms. The molecule has 1 heterocycles. The van der Waals surface area contributed by atoms with E-state index in [9.17, 15) is 4.79 Å². The molecule has 1 amide bonds. The smallest absolute Gasteiger partial charge is 0.241 e. The minimum absolute atomic E-state index is 0. The summed E-state index contributed by atoms with van der Waals surface area (Å²) in [7, 11) is 0. The van der Waals surface area contributed by atoms with Gasteiger partial charge in [-0.1, -0.05) is 31.0 Å². The van der Waals surface area contributed by atoms with Crippen LogP contribution in [0.1, 0.15) is 56.2 Å². The first-order valence-corrected chi connectivity index (χ1v) is 8.58. The van der Waals surface area contributed by atoms with Gasteiger partial charge in [-0.2, -0.15) is 0 Å². The van der Waals surface area contributed by atoms with Crippen molar-refractivity contribution in [3.63, 3.8) is 0 Å². The van der Waals surface area contributed by atoms with E-state index in [0.717, 1.165) is 42.6 Å². The number of piperidine rings is 1. The lowest BCUT2D eigenvalue weighted by molar-refractivity contribution is -0.123. The molecular weight excluding hydrogens is 308 g/mol. The lowest BCUT2D eigenvalue weighted by Gasteiger charge is -2.38. The number of nitrogens with zero attached hydrogens (tertiary/aromatic N) is 1. The van der Waals surface area contributed by atoms with E-state index in [1.807, 2.05) is 0 Å². The molecule has 2 atom stereocenters. The highest BCUT2D eigenvalue weighted by atomic mass is 35.5. The lowest BCUT2D eigenvalue weighted by Crippen LogP contribution is -3.00. The van der Waals surface area contributed by atoms with Crippen LogP contribution in [0.3, 0.4) is 0 Å². The van der Waals surface area contributed by atoms with Gasteiger partial charge in [-0.15, -0.1) is 0 Å². The molecule has 1 aromatic carbocycles. The zero-order chi connectivity index (χ0) is 16.3. The maximum atomic E-state index is 12.8. The fourth-order valence-electron chi connectivity index (χ4n) is 3.58. The first-order valence-electron chi connectivity index (χ1n) is 8.58. The summed E-state index contributed by atoms with van der Waals surface area (Å²) in [6, 6.07) is 4.76. The van der Waals surface area contributed by atoms with Crippen LogP contribution in [0.25, 0.3) is 0 Å². The van der Waals surface area contributed by atoms with Gasteiger partial charge < -0.3 is 17.7 Å². The fourth-order valence-corrected chi connectivity index (χ4v) is 3.58. The molecule has 0 radical (unpaired) electrons. The normalized spacial score (nSPS) is 19.8.